The smallest absolute Gasteiger partial charge is 0.421 e. The number of amidine groups is 1. The molecule has 1 amide bonds. The number of nitrogens with one attached hydrogen (secondary N) is 2. The molecule has 0 aromatic heterocycles. The molecule has 0 radical (unpaired) electrons. The van der Waals surface area contributed by atoms with Gasteiger partial charge in [-0.05, 0) is 31.0 Å². The van der Waals surface area contributed by atoms with Crippen molar-refractivity contribution in [1.82, 2.24) is 5.32 Å². The molecule has 3 rings (SSSR count). The average molecular weight is 506 g/mol. The lowest BCUT2D eigenvalue weighted by atomic mass is 10.0. The number of rotatable bonds is 7. The summed E-state index contributed by atoms with van der Waals surface area (Å²) in [7, 11) is 2.66. The SMILES string of the molecule is C=C/C(=C(\N=C(/C)Nc1cc(F)c(C(=O)NC)cc1OC)OC1(C)Cc2ccccc2C1)C(F)(F)F. The van der Waals surface area contributed by atoms with Crippen LogP contribution in [0.2, 0.25) is 0 Å². The normalized spacial score (nSPS) is 15.5. The first kappa shape index (κ1) is 26.8. The minimum Gasteiger partial charge on any atom is -0.495 e. The van der Waals surface area contributed by atoms with E-state index in [1.54, 1.807) is 6.92 Å². The fraction of sp³-hybridized carbons (Fsp3) is 0.308. The van der Waals surface area contributed by atoms with E-state index in [4.69, 9.17) is 9.47 Å². The number of allylic oxidation sites excluding steroid dienone is 2. The van der Waals surface area contributed by atoms with Crippen molar-refractivity contribution in [1.29, 1.82) is 0 Å². The van der Waals surface area contributed by atoms with Gasteiger partial charge in [-0.1, -0.05) is 36.9 Å². The van der Waals surface area contributed by atoms with Crippen LogP contribution in [0.5, 0.6) is 5.75 Å². The van der Waals surface area contributed by atoms with Crippen LogP contribution in [-0.2, 0) is 17.6 Å². The van der Waals surface area contributed by atoms with Gasteiger partial charge in [0.1, 0.15) is 28.6 Å². The van der Waals surface area contributed by atoms with Crippen molar-refractivity contribution in [3.8, 4) is 5.75 Å². The Morgan fingerprint density at radius 1 is 1.19 bits per heavy atom. The quantitative estimate of drug-likeness (QED) is 0.170. The molecule has 0 aliphatic heterocycles. The van der Waals surface area contributed by atoms with E-state index in [2.05, 4.69) is 22.2 Å². The molecule has 0 saturated heterocycles. The Morgan fingerprint density at radius 3 is 2.31 bits per heavy atom. The Kier molecular flexibility index (Phi) is 7.76. The number of fused-ring (bicyclic) bond motifs is 1. The molecule has 6 nitrogen and oxygen atoms in total. The summed E-state index contributed by atoms with van der Waals surface area (Å²) in [6.07, 6.45) is -3.33. The Hall–Kier alpha value is -3.82. The molecule has 0 saturated carbocycles. The molecule has 2 aromatic rings. The number of amides is 1. The molecule has 0 atom stereocenters. The van der Waals surface area contributed by atoms with Crippen molar-refractivity contribution >= 4 is 17.4 Å². The van der Waals surface area contributed by atoms with Crippen molar-refractivity contribution in [2.24, 2.45) is 4.99 Å². The number of halogens is 4. The molecule has 2 aromatic carbocycles. The summed E-state index contributed by atoms with van der Waals surface area (Å²) in [4.78, 5) is 15.9. The number of ether oxygens (including phenoxy) is 2. The van der Waals surface area contributed by atoms with Crippen LogP contribution in [0, 0.1) is 5.82 Å². The van der Waals surface area contributed by atoms with Gasteiger partial charge < -0.3 is 20.1 Å². The summed E-state index contributed by atoms with van der Waals surface area (Å²) in [5, 5.41) is 5.06. The van der Waals surface area contributed by atoms with Gasteiger partial charge in [-0.3, -0.25) is 4.79 Å². The zero-order valence-electron chi connectivity index (χ0n) is 20.3. The van der Waals surface area contributed by atoms with E-state index in [9.17, 15) is 22.4 Å². The van der Waals surface area contributed by atoms with Gasteiger partial charge in [0, 0.05) is 26.0 Å². The van der Waals surface area contributed by atoms with Crippen molar-refractivity contribution in [3.05, 3.63) is 83.0 Å². The van der Waals surface area contributed by atoms with Crippen molar-refractivity contribution < 1.29 is 31.8 Å². The van der Waals surface area contributed by atoms with Crippen LogP contribution in [0.3, 0.4) is 0 Å². The Labute approximate surface area is 206 Å². The summed E-state index contributed by atoms with van der Waals surface area (Å²) >= 11 is 0. The molecule has 2 N–H and O–H groups in total. The number of hydrogen-bond acceptors (Lipinski definition) is 4. The highest BCUT2D eigenvalue weighted by atomic mass is 19.4. The summed E-state index contributed by atoms with van der Waals surface area (Å²) in [5.41, 5.74) is -0.327. The first-order valence-electron chi connectivity index (χ1n) is 11.0. The number of hydrogen-bond donors (Lipinski definition) is 2. The minimum atomic E-state index is -4.78. The van der Waals surface area contributed by atoms with E-state index >= 15 is 0 Å². The van der Waals surface area contributed by atoms with Crippen LogP contribution in [0.1, 0.15) is 35.3 Å². The lowest BCUT2D eigenvalue weighted by Crippen LogP contribution is -2.30. The Bertz CT molecular complexity index is 1210. The van der Waals surface area contributed by atoms with Crippen LogP contribution < -0.4 is 15.4 Å². The van der Waals surface area contributed by atoms with Crippen molar-refractivity contribution in [2.75, 3.05) is 19.5 Å². The topological polar surface area (TPSA) is 72.0 Å². The second kappa shape index (κ2) is 10.4. The number of anilines is 1. The van der Waals surface area contributed by atoms with E-state index in [-0.39, 0.29) is 22.8 Å². The predicted octanol–water partition coefficient (Wildman–Crippen LogP) is 5.56. The van der Waals surface area contributed by atoms with Gasteiger partial charge in [-0.15, -0.1) is 0 Å². The van der Waals surface area contributed by atoms with Gasteiger partial charge in [0.25, 0.3) is 5.91 Å². The Balaban J connectivity index is 1.98. The standard InChI is InChI=1S/C26H27F4N3O3/c1-6-19(26(28,29)30)24(36-25(3)13-16-9-7-8-10-17(16)14-25)33-15(2)32-21-12-20(27)18(23(34)31-4)11-22(21)35-5/h6-12H,1,13-14H2,2-5H3,(H,31,34)(H,32,33)/b24-19-. The first-order valence-corrected chi connectivity index (χ1v) is 11.0. The lowest BCUT2D eigenvalue weighted by molar-refractivity contribution is -0.0948. The largest absolute Gasteiger partial charge is 0.495 e. The number of alkyl halides is 3. The molecule has 1 aliphatic carbocycles. The fourth-order valence-corrected chi connectivity index (χ4v) is 4.04. The third-order valence-corrected chi connectivity index (χ3v) is 5.68. The first-order chi connectivity index (χ1) is 16.9. The van der Waals surface area contributed by atoms with E-state index in [0.29, 0.717) is 18.9 Å². The van der Waals surface area contributed by atoms with Crippen LogP contribution in [0.15, 0.2) is 65.5 Å². The van der Waals surface area contributed by atoms with E-state index < -0.39 is 35.0 Å². The number of carbonyl (C=O) groups excluding carboxylic acids is 1. The molecular weight excluding hydrogens is 478 g/mol. The molecule has 0 bridgehead atoms. The number of aliphatic imine (C=N–C) groups is 1. The second-order valence-corrected chi connectivity index (χ2v) is 8.53. The maximum Gasteiger partial charge on any atom is 0.421 e. The highest BCUT2D eigenvalue weighted by Crippen LogP contribution is 2.38. The number of nitrogens with zero attached hydrogens (tertiary/aromatic N) is 1. The number of carbonyl (C=O) groups is 1. The molecule has 0 fully saturated rings. The predicted molar refractivity (Wildman–Crippen MR) is 130 cm³/mol. The summed E-state index contributed by atoms with van der Waals surface area (Å²) in [5.74, 6) is -2.12. The molecule has 0 unspecified atom stereocenters. The van der Waals surface area contributed by atoms with Gasteiger partial charge >= 0.3 is 6.18 Å². The van der Waals surface area contributed by atoms with Crippen molar-refractivity contribution in [3.63, 3.8) is 0 Å². The van der Waals surface area contributed by atoms with Crippen LogP contribution in [0.4, 0.5) is 23.2 Å². The summed E-state index contributed by atoms with van der Waals surface area (Å²) in [6, 6.07) is 9.72. The average Bonchev–Trinajstić information content (AvgIpc) is 3.13. The molecule has 1 aliphatic rings. The zero-order chi connectivity index (χ0) is 26.7. The van der Waals surface area contributed by atoms with Gasteiger partial charge in [-0.2, -0.15) is 13.2 Å². The second-order valence-electron chi connectivity index (χ2n) is 8.53. The highest BCUT2D eigenvalue weighted by Gasteiger charge is 2.40. The third kappa shape index (κ3) is 5.87. The third-order valence-electron chi connectivity index (χ3n) is 5.68. The highest BCUT2D eigenvalue weighted by molar-refractivity contribution is 5.98. The van der Waals surface area contributed by atoms with Crippen molar-refractivity contribution in [2.45, 2.75) is 38.5 Å². The Morgan fingerprint density at radius 2 is 1.81 bits per heavy atom. The van der Waals surface area contributed by atoms with Gasteiger partial charge in [-0.25, -0.2) is 9.38 Å². The molecule has 0 spiro atoms. The van der Waals surface area contributed by atoms with Gasteiger partial charge in [0.2, 0.25) is 5.88 Å². The van der Waals surface area contributed by atoms with Crippen LogP contribution >= 0.6 is 0 Å². The van der Waals surface area contributed by atoms with Crippen LogP contribution in [-0.4, -0.2) is 37.7 Å². The maximum atomic E-state index is 14.5. The van der Waals surface area contributed by atoms with Gasteiger partial charge in [0.15, 0.2) is 0 Å². The minimum absolute atomic E-state index is 0.0295. The zero-order valence-corrected chi connectivity index (χ0v) is 20.3. The molecule has 192 valence electrons. The number of methoxy groups -OCH3 is 1. The van der Waals surface area contributed by atoms with Gasteiger partial charge in [0.05, 0.1) is 18.4 Å². The molecule has 36 heavy (non-hydrogen) atoms. The van der Waals surface area contributed by atoms with E-state index in [1.165, 1.54) is 27.1 Å². The molecule has 0 heterocycles. The summed E-state index contributed by atoms with van der Waals surface area (Å²) < 4.78 is 67.1. The molecular formula is C26H27F4N3O3. The monoisotopic (exact) mass is 505 g/mol. The van der Waals surface area contributed by atoms with E-state index in [0.717, 1.165) is 17.2 Å². The number of benzene rings is 2. The fourth-order valence-electron chi connectivity index (χ4n) is 4.04. The van der Waals surface area contributed by atoms with Crippen LogP contribution in [0.25, 0.3) is 0 Å². The van der Waals surface area contributed by atoms with E-state index in [1.807, 2.05) is 24.3 Å². The summed E-state index contributed by atoms with van der Waals surface area (Å²) in [6.45, 7) is 6.41. The maximum absolute atomic E-state index is 14.5. The lowest BCUT2D eigenvalue weighted by Gasteiger charge is -2.27. The molecule has 10 heteroatoms.